The quantitative estimate of drug-likeness (QED) is 0.848. The SMILES string of the molecule is CCCn1ccnc1CN1CCN(C)C(c2ccccc2)C1. The van der Waals surface area contributed by atoms with Crippen LogP contribution in [0.1, 0.15) is 30.8 Å². The van der Waals surface area contributed by atoms with Crippen molar-refractivity contribution in [3.05, 3.63) is 54.1 Å². The summed E-state index contributed by atoms with van der Waals surface area (Å²) in [6.07, 6.45) is 5.18. The Morgan fingerprint density at radius 2 is 2.00 bits per heavy atom. The molecule has 0 amide bonds. The van der Waals surface area contributed by atoms with Crippen LogP contribution in [0.15, 0.2) is 42.7 Å². The Morgan fingerprint density at radius 1 is 1.18 bits per heavy atom. The van der Waals surface area contributed by atoms with Gasteiger partial charge in [-0.05, 0) is 19.0 Å². The van der Waals surface area contributed by atoms with Crippen LogP contribution in [0, 0.1) is 0 Å². The van der Waals surface area contributed by atoms with Crippen LogP contribution in [-0.4, -0.2) is 46.0 Å². The number of aromatic nitrogens is 2. The van der Waals surface area contributed by atoms with Crippen LogP contribution < -0.4 is 0 Å². The smallest absolute Gasteiger partial charge is 0.122 e. The van der Waals surface area contributed by atoms with Gasteiger partial charge < -0.3 is 4.57 Å². The molecule has 1 saturated heterocycles. The summed E-state index contributed by atoms with van der Waals surface area (Å²) >= 11 is 0. The van der Waals surface area contributed by atoms with Crippen LogP contribution in [0.5, 0.6) is 0 Å². The van der Waals surface area contributed by atoms with E-state index in [1.807, 2.05) is 6.20 Å². The molecule has 22 heavy (non-hydrogen) atoms. The molecule has 0 saturated carbocycles. The molecule has 1 unspecified atom stereocenters. The fourth-order valence-electron chi connectivity index (χ4n) is 3.25. The first-order valence-electron chi connectivity index (χ1n) is 8.25. The highest BCUT2D eigenvalue weighted by Crippen LogP contribution is 2.24. The lowest BCUT2D eigenvalue weighted by molar-refractivity contribution is 0.0878. The van der Waals surface area contributed by atoms with Gasteiger partial charge in [0.15, 0.2) is 0 Å². The van der Waals surface area contributed by atoms with E-state index in [0.717, 1.165) is 39.1 Å². The number of aryl methyl sites for hydroxylation is 1. The van der Waals surface area contributed by atoms with Gasteiger partial charge in [-0.25, -0.2) is 4.98 Å². The van der Waals surface area contributed by atoms with E-state index in [-0.39, 0.29) is 0 Å². The summed E-state index contributed by atoms with van der Waals surface area (Å²) in [5.41, 5.74) is 1.41. The van der Waals surface area contributed by atoms with Gasteiger partial charge >= 0.3 is 0 Å². The summed E-state index contributed by atoms with van der Waals surface area (Å²) < 4.78 is 2.29. The van der Waals surface area contributed by atoms with Crippen molar-refractivity contribution in [1.82, 2.24) is 19.4 Å². The summed E-state index contributed by atoms with van der Waals surface area (Å²) in [5, 5.41) is 0. The molecule has 1 aliphatic heterocycles. The Balaban J connectivity index is 1.69. The van der Waals surface area contributed by atoms with E-state index in [0.29, 0.717) is 6.04 Å². The summed E-state index contributed by atoms with van der Waals surface area (Å²) in [5.74, 6) is 1.19. The van der Waals surface area contributed by atoms with E-state index in [2.05, 4.69) is 69.9 Å². The fourth-order valence-corrected chi connectivity index (χ4v) is 3.25. The molecule has 1 fully saturated rings. The number of likely N-dealkylation sites (N-methyl/N-ethyl adjacent to an activating group) is 1. The Kier molecular flexibility index (Phi) is 4.90. The predicted molar refractivity (Wildman–Crippen MR) is 89.6 cm³/mol. The van der Waals surface area contributed by atoms with Gasteiger partial charge in [0.2, 0.25) is 0 Å². The fraction of sp³-hybridized carbons (Fsp3) is 0.500. The summed E-state index contributed by atoms with van der Waals surface area (Å²) in [6, 6.07) is 11.3. The second-order valence-corrected chi connectivity index (χ2v) is 6.18. The number of hydrogen-bond acceptors (Lipinski definition) is 3. The van der Waals surface area contributed by atoms with Gasteiger partial charge in [0.25, 0.3) is 0 Å². The van der Waals surface area contributed by atoms with Crippen molar-refractivity contribution >= 4 is 0 Å². The topological polar surface area (TPSA) is 24.3 Å². The van der Waals surface area contributed by atoms with E-state index in [9.17, 15) is 0 Å². The van der Waals surface area contributed by atoms with Crippen LogP contribution in [0.2, 0.25) is 0 Å². The molecule has 3 rings (SSSR count). The Bertz CT molecular complexity index is 578. The van der Waals surface area contributed by atoms with E-state index < -0.39 is 0 Å². The highest BCUT2D eigenvalue weighted by Gasteiger charge is 2.26. The number of imidazole rings is 1. The zero-order valence-electron chi connectivity index (χ0n) is 13.7. The molecule has 0 spiro atoms. The normalized spacial score (nSPS) is 20.4. The van der Waals surface area contributed by atoms with Gasteiger partial charge in [0, 0.05) is 44.6 Å². The van der Waals surface area contributed by atoms with Crippen LogP contribution in [0.3, 0.4) is 0 Å². The zero-order valence-corrected chi connectivity index (χ0v) is 13.7. The van der Waals surface area contributed by atoms with Crippen molar-refractivity contribution in [2.75, 3.05) is 26.7 Å². The summed E-state index contributed by atoms with van der Waals surface area (Å²) in [7, 11) is 2.23. The van der Waals surface area contributed by atoms with E-state index in [1.165, 1.54) is 11.4 Å². The van der Waals surface area contributed by atoms with E-state index >= 15 is 0 Å². The van der Waals surface area contributed by atoms with Gasteiger partial charge in [-0.1, -0.05) is 37.3 Å². The molecule has 1 aromatic carbocycles. The molecule has 0 N–H and O–H groups in total. The summed E-state index contributed by atoms with van der Waals surface area (Å²) in [6.45, 7) is 7.51. The molecule has 1 aliphatic rings. The number of nitrogens with zero attached hydrogens (tertiary/aromatic N) is 4. The van der Waals surface area contributed by atoms with Crippen LogP contribution in [0.25, 0.3) is 0 Å². The molecule has 4 heteroatoms. The number of benzene rings is 1. The third kappa shape index (κ3) is 3.39. The maximum Gasteiger partial charge on any atom is 0.122 e. The molecule has 0 radical (unpaired) electrons. The van der Waals surface area contributed by atoms with Gasteiger partial charge in [-0.15, -0.1) is 0 Å². The van der Waals surface area contributed by atoms with Crippen molar-refractivity contribution in [1.29, 1.82) is 0 Å². The first kappa shape index (κ1) is 15.3. The van der Waals surface area contributed by atoms with Crippen LogP contribution in [0.4, 0.5) is 0 Å². The first-order valence-corrected chi connectivity index (χ1v) is 8.25. The first-order chi connectivity index (χ1) is 10.8. The third-order valence-electron chi connectivity index (χ3n) is 4.55. The molecule has 118 valence electrons. The minimum atomic E-state index is 0.476. The number of hydrogen-bond donors (Lipinski definition) is 0. The molecule has 4 nitrogen and oxygen atoms in total. The molecule has 2 aromatic rings. The lowest BCUT2D eigenvalue weighted by Gasteiger charge is -2.39. The highest BCUT2D eigenvalue weighted by molar-refractivity contribution is 5.20. The predicted octanol–water partition coefficient (Wildman–Crippen LogP) is 2.78. The van der Waals surface area contributed by atoms with Crippen molar-refractivity contribution in [3.63, 3.8) is 0 Å². The Hall–Kier alpha value is -1.65. The second-order valence-electron chi connectivity index (χ2n) is 6.18. The maximum absolute atomic E-state index is 4.55. The average molecular weight is 298 g/mol. The van der Waals surface area contributed by atoms with Crippen molar-refractivity contribution in [2.45, 2.75) is 32.5 Å². The Morgan fingerprint density at radius 3 is 2.77 bits per heavy atom. The monoisotopic (exact) mass is 298 g/mol. The van der Waals surface area contributed by atoms with E-state index in [1.54, 1.807) is 0 Å². The van der Waals surface area contributed by atoms with Crippen molar-refractivity contribution in [3.8, 4) is 0 Å². The van der Waals surface area contributed by atoms with Crippen molar-refractivity contribution in [2.24, 2.45) is 0 Å². The molecule has 0 bridgehead atoms. The molecular formula is C18H26N4. The molecule has 0 aliphatic carbocycles. The molecule has 2 heterocycles. The number of piperazine rings is 1. The van der Waals surface area contributed by atoms with Gasteiger partial charge in [-0.2, -0.15) is 0 Å². The lowest BCUT2D eigenvalue weighted by atomic mass is 10.0. The van der Waals surface area contributed by atoms with Gasteiger partial charge in [0.1, 0.15) is 5.82 Å². The maximum atomic E-state index is 4.55. The van der Waals surface area contributed by atoms with Gasteiger partial charge in [0.05, 0.1) is 6.54 Å². The highest BCUT2D eigenvalue weighted by atomic mass is 15.3. The molecule has 1 atom stereocenters. The van der Waals surface area contributed by atoms with Crippen molar-refractivity contribution < 1.29 is 0 Å². The Labute approximate surface area is 133 Å². The lowest BCUT2D eigenvalue weighted by Crippen LogP contribution is -2.46. The standard InChI is InChI=1S/C18H26N4/c1-3-10-22-11-9-19-18(22)15-21-13-12-20(2)17(14-21)16-7-5-4-6-8-16/h4-9,11,17H,3,10,12-15H2,1-2H3. The van der Waals surface area contributed by atoms with E-state index in [4.69, 9.17) is 0 Å². The van der Waals surface area contributed by atoms with Gasteiger partial charge in [-0.3, -0.25) is 9.80 Å². The minimum Gasteiger partial charge on any atom is -0.334 e. The number of rotatable bonds is 5. The molecular weight excluding hydrogens is 272 g/mol. The zero-order chi connectivity index (χ0) is 15.4. The largest absolute Gasteiger partial charge is 0.334 e. The average Bonchev–Trinajstić information content (AvgIpc) is 2.97. The molecule has 1 aromatic heterocycles. The summed E-state index contributed by atoms with van der Waals surface area (Å²) in [4.78, 5) is 9.55. The van der Waals surface area contributed by atoms with Crippen LogP contribution >= 0.6 is 0 Å². The second kappa shape index (κ2) is 7.07. The third-order valence-corrected chi connectivity index (χ3v) is 4.55. The van der Waals surface area contributed by atoms with Crippen LogP contribution in [-0.2, 0) is 13.1 Å². The minimum absolute atomic E-state index is 0.476.